The fourth-order valence-corrected chi connectivity index (χ4v) is 3.84. The molecule has 4 rings (SSSR count). The van der Waals surface area contributed by atoms with E-state index in [0.717, 1.165) is 48.3 Å². The predicted molar refractivity (Wildman–Crippen MR) is 165 cm³/mol. The summed E-state index contributed by atoms with van der Waals surface area (Å²) in [5.41, 5.74) is 3.20. The molecule has 0 atom stereocenters. The molecule has 0 aliphatic carbocycles. The van der Waals surface area contributed by atoms with Crippen molar-refractivity contribution in [2.45, 2.75) is 39.5 Å². The molecule has 0 aliphatic heterocycles. The topological polar surface area (TPSA) is 73.9 Å². The molecule has 6 nitrogen and oxygen atoms in total. The largest absolute Gasteiger partial charge is 0.494 e. The number of rotatable bonds is 12. The van der Waals surface area contributed by atoms with Gasteiger partial charge in [0.15, 0.2) is 0 Å². The van der Waals surface area contributed by atoms with Gasteiger partial charge in [-0.15, -0.1) is 0 Å². The molecule has 0 saturated carbocycles. The number of carbonyl (C=O) groups is 2. The van der Waals surface area contributed by atoms with E-state index in [1.165, 1.54) is 0 Å². The Morgan fingerprint density at radius 2 is 1.19 bits per heavy atom. The van der Waals surface area contributed by atoms with Crippen LogP contribution in [0.1, 0.15) is 71.4 Å². The van der Waals surface area contributed by atoms with E-state index in [9.17, 15) is 9.59 Å². The van der Waals surface area contributed by atoms with Gasteiger partial charge in [0, 0.05) is 28.4 Å². The Kier molecular flexibility index (Phi) is 11.2. The molecular formula is C36H35NO5. The first-order chi connectivity index (χ1) is 20.5. The standard InChI is InChI=1S/C36H35NO5/c1-3-5-24-40-32-22-18-30(19-23-32)36(39)42-33-20-14-28(15-21-33)11-10-27-12-16-29(17-13-27)35(38)37-31-8-7-9-34(26-31)41-25-6-4-2/h7-9,12-23,26H,3-6,24-25H2,1-2H3,(H,37,38). The number of esters is 1. The molecule has 214 valence electrons. The summed E-state index contributed by atoms with van der Waals surface area (Å²) in [6.07, 6.45) is 4.10. The molecule has 0 saturated heterocycles. The number of carbonyl (C=O) groups excluding carboxylic acids is 2. The Morgan fingerprint density at radius 1 is 0.643 bits per heavy atom. The molecule has 1 amide bonds. The number of ether oxygens (including phenoxy) is 3. The van der Waals surface area contributed by atoms with Gasteiger partial charge in [-0.25, -0.2) is 4.79 Å². The zero-order valence-corrected chi connectivity index (χ0v) is 24.0. The maximum absolute atomic E-state index is 12.7. The number of hydrogen-bond donors (Lipinski definition) is 1. The molecular weight excluding hydrogens is 526 g/mol. The molecule has 0 radical (unpaired) electrons. The van der Waals surface area contributed by atoms with Gasteiger partial charge in [-0.1, -0.05) is 44.6 Å². The minimum Gasteiger partial charge on any atom is -0.494 e. The maximum Gasteiger partial charge on any atom is 0.343 e. The first kappa shape index (κ1) is 30.0. The number of hydrogen-bond acceptors (Lipinski definition) is 5. The molecule has 0 bridgehead atoms. The van der Waals surface area contributed by atoms with Crippen molar-refractivity contribution < 1.29 is 23.8 Å². The highest BCUT2D eigenvalue weighted by Gasteiger charge is 2.09. The first-order valence-electron chi connectivity index (χ1n) is 14.3. The lowest BCUT2D eigenvalue weighted by atomic mass is 10.1. The molecule has 0 fully saturated rings. The highest BCUT2D eigenvalue weighted by molar-refractivity contribution is 6.04. The lowest BCUT2D eigenvalue weighted by Gasteiger charge is -2.09. The second kappa shape index (κ2) is 15.7. The van der Waals surface area contributed by atoms with Crippen LogP contribution in [0.3, 0.4) is 0 Å². The zero-order chi connectivity index (χ0) is 29.6. The smallest absolute Gasteiger partial charge is 0.343 e. The van der Waals surface area contributed by atoms with Crippen LogP contribution in [0.25, 0.3) is 0 Å². The Hall–Kier alpha value is -5.02. The highest BCUT2D eigenvalue weighted by Crippen LogP contribution is 2.19. The Bertz CT molecular complexity index is 1510. The molecule has 6 heteroatoms. The van der Waals surface area contributed by atoms with Crippen LogP contribution in [0.2, 0.25) is 0 Å². The normalized spacial score (nSPS) is 10.2. The van der Waals surface area contributed by atoms with Crippen LogP contribution in [-0.2, 0) is 0 Å². The van der Waals surface area contributed by atoms with E-state index in [-0.39, 0.29) is 5.91 Å². The van der Waals surface area contributed by atoms with E-state index in [4.69, 9.17) is 14.2 Å². The second-order valence-corrected chi connectivity index (χ2v) is 9.65. The van der Waals surface area contributed by atoms with Gasteiger partial charge >= 0.3 is 5.97 Å². The average Bonchev–Trinajstić information content (AvgIpc) is 3.02. The Morgan fingerprint density at radius 3 is 1.81 bits per heavy atom. The summed E-state index contributed by atoms with van der Waals surface area (Å²) in [5.74, 6) is 7.45. The van der Waals surface area contributed by atoms with E-state index in [1.807, 2.05) is 36.4 Å². The number of anilines is 1. The van der Waals surface area contributed by atoms with Crippen LogP contribution in [0.5, 0.6) is 17.2 Å². The maximum atomic E-state index is 12.7. The summed E-state index contributed by atoms with van der Waals surface area (Å²) in [6.45, 7) is 5.53. The molecule has 0 heterocycles. The molecule has 1 N–H and O–H groups in total. The molecule has 42 heavy (non-hydrogen) atoms. The fourth-order valence-electron chi connectivity index (χ4n) is 3.84. The molecule has 4 aromatic rings. The van der Waals surface area contributed by atoms with Crippen molar-refractivity contribution in [1.82, 2.24) is 0 Å². The van der Waals surface area contributed by atoms with Crippen LogP contribution in [0, 0.1) is 11.8 Å². The molecule has 0 unspecified atom stereocenters. The second-order valence-electron chi connectivity index (χ2n) is 9.65. The van der Waals surface area contributed by atoms with Crippen LogP contribution < -0.4 is 19.5 Å². The van der Waals surface area contributed by atoms with Gasteiger partial charge in [-0.05, 0) is 97.8 Å². The zero-order valence-electron chi connectivity index (χ0n) is 24.0. The van der Waals surface area contributed by atoms with Gasteiger partial charge in [0.1, 0.15) is 17.2 Å². The van der Waals surface area contributed by atoms with Crippen molar-refractivity contribution in [3.05, 3.63) is 119 Å². The van der Waals surface area contributed by atoms with E-state index in [0.29, 0.717) is 35.8 Å². The third kappa shape index (κ3) is 9.28. The van der Waals surface area contributed by atoms with Crippen molar-refractivity contribution in [2.24, 2.45) is 0 Å². The van der Waals surface area contributed by atoms with Crippen molar-refractivity contribution in [3.63, 3.8) is 0 Å². The lowest BCUT2D eigenvalue weighted by Crippen LogP contribution is -2.11. The third-order valence-electron chi connectivity index (χ3n) is 6.28. The van der Waals surface area contributed by atoms with Crippen LogP contribution in [0.15, 0.2) is 97.1 Å². The minimum absolute atomic E-state index is 0.207. The monoisotopic (exact) mass is 561 g/mol. The van der Waals surface area contributed by atoms with Crippen molar-refractivity contribution >= 4 is 17.6 Å². The summed E-state index contributed by atoms with van der Waals surface area (Å²) < 4.78 is 16.8. The molecule has 4 aromatic carbocycles. The van der Waals surface area contributed by atoms with Gasteiger partial charge < -0.3 is 19.5 Å². The SMILES string of the molecule is CCCCOc1ccc(C(=O)Oc2ccc(C#Cc3ccc(C(=O)Nc4cccc(OCCCC)c4)cc3)cc2)cc1. The number of benzene rings is 4. The lowest BCUT2D eigenvalue weighted by molar-refractivity contribution is 0.0734. The van der Waals surface area contributed by atoms with E-state index >= 15 is 0 Å². The van der Waals surface area contributed by atoms with E-state index in [2.05, 4.69) is 31.0 Å². The highest BCUT2D eigenvalue weighted by atomic mass is 16.5. The molecule has 0 spiro atoms. The minimum atomic E-state index is -0.439. The fraction of sp³-hybridized carbons (Fsp3) is 0.222. The predicted octanol–water partition coefficient (Wildman–Crippen LogP) is 7.92. The Labute approximate surface area is 247 Å². The average molecular weight is 562 g/mol. The van der Waals surface area contributed by atoms with E-state index in [1.54, 1.807) is 60.7 Å². The first-order valence-corrected chi connectivity index (χ1v) is 14.3. The van der Waals surface area contributed by atoms with Gasteiger partial charge in [0.2, 0.25) is 0 Å². The van der Waals surface area contributed by atoms with Crippen molar-refractivity contribution in [1.29, 1.82) is 0 Å². The van der Waals surface area contributed by atoms with Crippen LogP contribution in [-0.4, -0.2) is 25.1 Å². The van der Waals surface area contributed by atoms with Gasteiger partial charge in [-0.2, -0.15) is 0 Å². The van der Waals surface area contributed by atoms with Crippen LogP contribution >= 0.6 is 0 Å². The third-order valence-corrected chi connectivity index (χ3v) is 6.28. The summed E-state index contributed by atoms with van der Waals surface area (Å²) >= 11 is 0. The van der Waals surface area contributed by atoms with E-state index < -0.39 is 5.97 Å². The van der Waals surface area contributed by atoms with Crippen molar-refractivity contribution in [3.8, 4) is 29.1 Å². The van der Waals surface area contributed by atoms with Gasteiger partial charge in [0.05, 0.1) is 18.8 Å². The number of unbranched alkanes of at least 4 members (excludes halogenated alkanes) is 2. The quantitative estimate of drug-likeness (QED) is 0.0823. The van der Waals surface area contributed by atoms with Gasteiger partial charge in [0.25, 0.3) is 5.91 Å². The summed E-state index contributed by atoms with van der Waals surface area (Å²) in [7, 11) is 0. The van der Waals surface area contributed by atoms with Crippen LogP contribution in [0.4, 0.5) is 5.69 Å². The molecule has 0 aromatic heterocycles. The number of nitrogens with one attached hydrogen (secondary N) is 1. The summed E-state index contributed by atoms with van der Waals surface area (Å²) in [5, 5.41) is 2.91. The van der Waals surface area contributed by atoms with Gasteiger partial charge in [-0.3, -0.25) is 4.79 Å². The number of amides is 1. The summed E-state index contributed by atoms with van der Waals surface area (Å²) in [4.78, 5) is 25.2. The Balaban J connectivity index is 1.29. The molecule has 0 aliphatic rings. The van der Waals surface area contributed by atoms with Crippen molar-refractivity contribution in [2.75, 3.05) is 18.5 Å². The summed E-state index contributed by atoms with van der Waals surface area (Å²) in [6, 6.07) is 28.4.